The second kappa shape index (κ2) is 5.89. The quantitative estimate of drug-likeness (QED) is 0.919. The molecule has 1 aromatic rings. The third-order valence-corrected chi connectivity index (χ3v) is 4.95. The Morgan fingerprint density at radius 3 is 2.27 bits per heavy atom. The van der Waals surface area contributed by atoms with Crippen molar-refractivity contribution in [3.8, 4) is 0 Å². The molecule has 1 aromatic carbocycles. The van der Waals surface area contributed by atoms with Gasteiger partial charge in [0.2, 0.25) is 10.0 Å². The monoisotopic (exact) mass is 326 g/mol. The predicted octanol–water partition coefficient (Wildman–Crippen LogP) is 2.10. The molecule has 1 fully saturated rings. The predicted molar refractivity (Wildman–Crippen MR) is 82.8 cm³/mol. The number of hydrogen-bond acceptors (Lipinski definition) is 4. The Morgan fingerprint density at radius 1 is 1.23 bits per heavy atom. The van der Waals surface area contributed by atoms with Crippen LogP contribution < -0.4 is 4.72 Å². The molecule has 1 N–H and O–H groups in total. The zero-order chi connectivity index (χ0) is 16.5. The fourth-order valence-electron chi connectivity index (χ4n) is 2.28. The highest BCUT2D eigenvalue weighted by Crippen LogP contribution is 2.26. The fraction of sp³-hybridized carbons (Fsp3) is 0.533. The summed E-state index contributed by atoms with van der Waals surface area (Å²) in [6.07, 6.45) is -1.17. The van der Waals surface area contributed by atoms with E-state index in [4.69, 9.17) is 4.74 Å². The van der Waals surface area contributed by atoms with E-state index in [1.54, 1.807) is 24.3 Å². The molecule has 0 saturated carbocycles. The highest BCUT2D eigenvalue weighted by Gasteiger charge is 2.39. The van der Waals surface area contributed by atoms with Gasteiger partial charge in [-0.2, -0.15) is 4.72 Å². The number of benzene rings is 1. The van der Waals surface area contributed by atoms with Crippen LogP contribution >= 0.6 is 0 Å². The first kappa shape index (κ1) is 16.8. The average Bonchev–Trinajstić information content (AvgIpc) is 2.81. The summed E-state index contributed by atoms with van der Waals surface area (Å²) in [6.45, 7) is 8.17. The van der Waals surface area contributed by atoms with Gasteiger partial charge in [0, 0.05) is 0 Å². The number of carbonyl (C=O) groups excluding carboxylic acids is 1. The van der Waals surface area contributed by atoms with Gasteiger partial charge >= 0.3 is 6.09 Å². The first-order valence-corrected chi connectivity index (χ1v) is 8.62. The molecule has 2 rings (SSSR count). The Balaban J connectivity index is 2.30. The minimum atomic E-state index is -3.72. The maximum atomic E-state index is 12.6. The highest BCUT2D eigenvalue weighted by molar-refractivity contribution is 7.89. The van der Waals surface area contributed by atoms with Crippen LogP contribution in [-0.4, -0.2) is 38.7 Å². The molecule has 1 atom stereocenters. The molecule has 122 valence electrons. The molecule has 0 bridgehead atoms. The van der Waals surface area contributed by atoms with E-state index in [9.17, 15) is 13.2 Å². The van der Waals surface area contributed by atoms with E-state index < -0.39 is 27.7 Å². The van der Waals surface area contributed by atoms with Crippen LogP contribution in [0.15, 0.2) is 29.2 Å². The van der Waals surface area contributed by atoms with E-state index in [2.05, 4.69) is 4.72 Å². The van der Waals surface area contributed by atoms with Crippen molar-refractivity contribution in [2.45, 2.75) is 38.8 Å². The number of carbonyl (C=O) groups is 1. The number of nitrogens with zero attached hydrogens (tertiary/aromatic N) is 1. The van der Waals surface area contributed by atoms with Crippen LogP contribution in [0.4, 0.5) is 4.79 Å². The Labute approximate surface area is 131 Å². The molecule has 1 amide bonds. The van der Waals surface area contributed by atoms with Crippen molar-refractivity contribution in [3.05, 3.63) is 29.8 Å². The fourth-order valence-corrected chi connectivity index (χ4v) is 3.69. The third-order valence-electron chi connectivity index (χ3n) is 3.52. The van der Waals surface area contributed by atoms with Crippen molar-refractivity contribution in [3.63, 3.8) is 0 Å². The molecule has 7 heteroatoms. The molecule has 1 aliphatic rings. The van der Waals surface area contributed by atoms with Crippen molar-refractivity contribution in [2.24, 2.45) is 5.41 Å². The van der Waals surface area contributed by atoms with Crippen LogP contribution in [0.5, 0.6) is 0 Å². The Morgan fingerprint density at radius 2 is 1.82 bits per heavy atom. The van der Waals surface area contributed by atoms with Crippen LogP contribution in [0, 0.1) is 12.3 Å². The van der Waals surface area contributed by atoms with Gasteiger partial charge in [0.1, 0.15) is 12.8 Å². The van der Waals surface area contributed by atoms with Gasteiger partial charge in [0.15, 0.2) is 0 Å². The van der Waals surface area contributed by atoms with Gasteiger partial charge in [-0.05, 0) is 24.5 Å². The van der Waals surface area contributed by atoms with Gasteiger partial charge in [0.05, 0.1) is 11.4 Å². The molecule has 1 aliphatic heterocycles. The normalized spacial score (nSPS) is 17.5. The number of aryl methyl sites for hydroxylation is 1. The maximum absolute atomic E-state index is 12.6. The van der Waals surface area contributed by atoms with Gasteiger partial charge in [-0.1, -0.05) is 38.5 Å². The summed E-state index contributed by atoms with van der Waals surface area (Å²) in [4.78, 5) is 13.4. The molecule has 6 nitrogen and oxygen atoms in total. The van der Waals surface area contributed by atoms with Gasteiger partial charge in [-0.3, -0.25) is 4.90 Å². The van der Waals surface area contributed by atoms with Crippen LogP contribution in [0.1, 0.15) is 26.3 Å². The van der Waals surface area contributed by atoms with E-state index in [1.807, 2.05) is 27.7 Å². The van der Waals surface area contributed by atoms with Crippen molar-refractivity contribution < 1.29 is 17.9 Å². The van der Waals surface area contributed by atoms with E-state index in [-0.39, 0.29) is 11.5 Å². The summed E-state index contributed by atoms with van der Waals surface area (Å²) in [7, 11) is -3.72. The number of hydrogen-bond donors (Lipinski definition) is 1. The minimum absolute atomic E-state index is 0.180. The topological polar surface area (TPSA) is 75.7 Å². The van der Waals surface area contributed by atoms with E-state index in [0.717, 1.165) is 5.56 Å². The second-order valence-electron chi connectivity index (χ2n) is 6.51. The number of rotatable bonds is 4. The number of sulfonamides is 1. The minimum Gasteiger partial charge on any atom is -0.447 e. The lowest BCUT2D eigenvalue weighted by Gasteiger charge is -2.36. The average molecular weight is 326 g/mol. The van der Waals surface area contributed by atoms with E-state index in [0.29, 0.717) is 6.54 Å². The largest absolute Gasteiger partial charge is 0.447 e. The van der Waals surface area contributed by atoms with Crippen molar-refractivity contribution >= 4 is 16.1 Å². The molecule has 22 heavy (non-hydrogen) atoms. The smallest absolute Gasteiger partial charge is 0.411 e. The Bertz CT molecular complexity index is 647. The van der Waals surface area contributed by atoms with Crippen LogP contribution in [0.25, 0.3) is 0 Å². The summed E-state index contributed by atoms with van der Waals surface area (Å²) in [5.74, 6) is 0. The van der Waals surface area contributed by atoms with E-state index >= 15 is 0 Å². The van der Waals surface area contributed by atoms with Crippen LogP contribution in [0.3, 0.4) is 0 Å². The third kappa shape index (κ3) is 3.59. The van der Waals surface area contributed by atoms with Gasteiger partial charge in [-0.25, -0.2) is 13.2 Å². The number of amides is 1. The Hall–Kier alpha value is -1.60. The number of ether oxygens (including phenoxy) is 1. The standard InChI is InChI=1S/C15H22N2O4S/c1-11-5-7-12(8-6-11)22(19,20)16-13(15(2,3)4)17-9-10-21-14(17)18/h5-8,13,16H,9-10H2,1-4H3. The van der Waals surface area contributed by atoms with Crippen molar-refractivity contribution in [1.82, 2.24) is 9.62 Å². The second-order valence-corrected chi connectivity index (χ2v) is 8.22. The first-order chi connectivity index (χ1) is 10.1. The molecular formula is C15H22N2O4S. The summed E-state index contributed by atoms with van der Waals surface area (Å²) in [5, 5.41) is 0. The first-order valence-electron chi connectivity index (χ1n) is 7.14. The molecular weight excluding hydrogens is 304 g/mol. The van der Waals surface area contributed by atoms with Crippen molar-refractivity contribution in [1.29, 1.82) is 0 Å². The van der Waals surface area contributed by atoms with Crippen molar-refractivity contribution in [2.75, 3.05) is 13.2 Å². The number of cyclic esters (lactones) is 1. The highest BCUT2D eigenvalue weighted by atomic mass is 32.2. The summed E-state index contributed by atoms with van der Waals surface area (Å²) >= 11 is 0. The van der Waals surface area contributed by atoms with Crippen LogP contribution in [0.2, 0.25) is 0 Å². The zero-order valence-electron chi connectivity index (χ0n) is 13.3. The maximum Gasteiger partial charge on any atom is 0.411 e. The molecule has 0 radical (unpaired) electrons. The molecule has 1 saturated heterocycles. The molecule has 1 unspecified atom stereocenters. The molecule has 1 heterocycles. The SMILES string of the molecule is Cc1ccc(S(=O)(=O)NC(N2CCOC2=O)C(C)(C)C)cc1. The zero-order valence-corrected chi connectivity index (χ0v) is 14.1. The summed E-state index contributed by atoms with van der Waals surface area (Å²) < 4.78 is 32.7. The molecule has 0 aliphatic carbocycles. The lowest BCUT2D eigenvalue weighted by Crippen LogP contribution is -2.55. The number of nitrogens with one attached hydrogen (secondary N) is 1. The Kier molecular flexibility index (Phi) is 4.49. The van der Waals surface area contributed by atoms with E-state index in [1.165, 1.54) is 4.90 Å². The van der Waals surface area contributed by atoms with Crippen LogP contribution in [-0.2, 0) is 14.8 Å². The molecule has 0 aromatic heterocycles. The summed E-state index contributed by atoms with van der Waals surface area (Å²) in [5.41, 5.74) is 0.510. The lowest BCUT2D eigenvalue weighted by molar-refractivity contribution is 0.108. The van der Waals surface area contributed by atoms with Gasteiger partial charge in [-0.15, -0.1) is 0 Å². The van der Waals surface area contributed by atoms with Gasteiger partial charge in [0.25, 0.3) is 0 Å². The molecule has 0 spiro atoms. The lowest BCUT2D eigenvalue weighted by atomic mass is 9.92. The summed E-state index contributed by atoms with van der Waals surface area (Å²) in [6, 6.07) is 6.59. The van der Waals surface area contributed by atoms with Gasteiger partial charge < -0.3 is 4.74 Å².